The van der Waals surface area contributed by atoms with E-state index in [9.17, 15) is 22.8 Å². The Morgan fingerprint density at radius 3 is 2.57 bits per heavy atom. The summed E-state index contributed by atoms with van der Waals surface area (Å²) < 4.78 is 46.4. The normalized spacial score (nSPS) is 16.3. The smallest absolute Gasteiger partial charge is 0.445 e. The van der Waals surface area contributed by atoms with Gasteiger partial charge in [-0.3, -0.25) is 4.79 Å². The van der Waals surface area contributed by atoms with Gasteiger partial charge in [-0.05, 0) is 24.1 Å². The quantitative estimate of drug-likeness (QED) is 0.725. The van der Waals surface area contributed by atoms with Crippen LogP contribution in [0.2, 0.25) is 0 Å². The van der Waals surface area contributed by atoms with Crippen molar-refractivity contribution >= 4 is 17.7 Å². The number of nitrogens with zero attached hydrogens (tertiary/aromatic N) is 2. The van der Waals surface area contributed by atoms with Gasteiger partial charge in [0.1, 0.15) is 12.4 Å². The van der Waals surface area contributed by atoms with E-state index >= 15 is 0 Å². The maximum atomic E-state index is 12.8. The Bertz CT molecular complexity index is 889. The fourth-order valence-electron chi connectivity index (χ4n) is 3.23. The minimum atomic E-state index is -4.81. The van der Waals surface area contributed by atoms with Gasteiger partial charge in [-0.2, -0.15) is 0 Å². The Morgan fingerprint density at radius 2 is 1.87 bits per heavy atom. The Kier molecular flexibility index (Phi) is 6.49. The molecule has 1 aliphatic rings. The number of rotatable bonds is 5. The molecule has 0 aromatic heterocycles. The zero-order valence-electron chi connectivity index (χ0n) is 16.3. The van der Waals surface area contributed by atoms with Gasteiger partial charge < -0.3 is 19.3 Å². The first-order valence-corrected chi connectivity index (χ1v) is 9.32. The van der Waals surface area contributed by atoms with Crippen LogP contribution >= 0.6 is 0 Å². The third kappa shape index (κ3) is 5.65. The van der Waals surface area contributed by atoms with Crippen LogP contribution in [0.1, 0.15) is 12.0 Å². The Labute approximate surface area is 171 Å². The molecule has 160 valence electrons. The molecule has 1 saturated heterocycles. The topological polar surface area (TPSA) is 59.1 Å². The molecule has 0 bridgehead atoms. The number of amides is 2. The van der Waals surface area contributed by atoms with Gasteiger partial charge in [0, 0.05) is 31.9 Å². The number of hydrogen-bond donors (Lipinski definition) is 0. The van der Waals surface area contributed by atoms with E-state index in [0.29, 0.717) is 13.0 Å². The Hall–Kier alpha value is -3.23. The summed E-state index contributed by atoms with van der Waals surface area (Å²) in [6.45, 7) is 0.700. The van der Waals surface area contributed by atoms with E-state index in [2.05, 4.69) is 4.74 Å². The molecule has 0 aliphatic carbocycles. The van der Waals surface area contributed by atoms with E-state index in [1.807, 2.05) is 30.3 Å². The second kappa shape index (κ2) is 9.06. The molecule has 9 heteroatoms. The molecule has 1 heterocycles. The average Bonchev–Trinajstić information content (AvgIpc) is 3.21. The fraction of sp³-hybridized carbons (Fsp3) is 0.333. The summed E-state index contributed by atoms with van der Waals surface area (Å²) in [5, 5.41) is 0. The van der Waals surface area contributed by atoms with E-state index in [4.69, 9.17) is 4.74 Å². The van der Waals surface area contributed by atoms with Gasteiger partial charge in [-0.15, -0.1) is 13.2 Å². The molecule has 0 radical (unpaired) electrons. The molecule has 1 fully saturated rings. The van der Waals surface area contributed by atoms with Crippen LogP contribution in [-0.2, 0) is 16.1 Å². The van der Waals surface area contributed by atoms with Gasteiger partial charge in [0.15, 0.2) is 0 Å². The largest absolute Gasteiger partial charge is 0.573 e. The van der Waals surface area contributed by atoms with Crippen LogP contribution in [0.25, 0.3) is 0 Å². The highest BCUT2D eigenvalue weighted by Crippen LogP contribution is 2.28. The maximum absolute atomic E-state index is 12.8. The predicted molar refractivity (Wildman–Crippen MR) is 103 cm³/mol. The van der Waals surface area contributed by atoms with E-state index < -0.39 is 24.1 Å². The number of carbonyl (C=O) groups excluding carboxylic acids is 2. The van der Waals surface area contributed by atoms with Gasteiger partial charge in [-0.1, -0.05) is 36.4 Å². The molecule has 1 aliphatic heterocycles. The molecular formula is C21H21F3N2O4. The Morgan fingerprint density at radius 1 is 1.13 bits per heavy atom. The molecule has 2 aromatic carbocycles. The van der Waals surface area contributed by atoms with E-state index in [1.54, 1.807) is 0 Å². The molecule has 6 nitrogen and oxygen atoms in total. The number of anilines is 1. The van der Waals surface area contributed by atoms with Gasteiger partial charge in [0.25, 0.3) is 0 Å². The molecular weight excluding hydrogens is 401 g/mol. The van der Waals surface area contributed by atoms with Crippen molar-refractivity contribution in [2.24, 2.45) is 5.92 Å². The molecule has 1 unspecified atom stereocenters. The molecule has 2 amide bonds. The van der Waals surface area contributed by atoms with Crippen LogP contribution in [0.15, 0.2) is 54.6 Å². The van der Waals surface area contributed by atoms with E-state index in [1.165, 1.54) is 29.0 Å². The monoisotopic (exact) mass is 422 g/mol. The van der Waals surface area contributed by atoms with Crippen molar-refractivity contribution < 1.29 is 32.2 Å². The van der Waals surface area contributed by atoms with Crippen LogP contribution in [0, 0.1) is 5.92 Å². The first-order chi connectivity index (χ1) is 14.2. The summed E-state index contributed by atoms with van der Waals surface area (Å²) in [5.74, 6) is -1.17. The third-order valence-electron chi connectivity index (χ3n) is 4.77. The lowest BCUT2D eigenvalue weighted by Crippen LogP contribution is -2.36. The number of benzene rings is 2. The second-order valence-electron chi connectivity index (χ2n) is 6.91. The van der Waals surface area contributed by atoms with Crippen molar-refractivity contribution in [1.82, 2.24) is 4.90 Å². The molecule has 0 N–H and O–H groups in total. The third-order valence-corrected chi connectivity index (χ3v) is 4.77. The lowest BCUT2D eigenvalue weighted by molar-refractivity contribution is -0.274. The number of carbonyl (C=O) groups is 2. The van der Waals surface area contributed by atoms with Crippen LogP contribution < -0.4 is 9.64 Å². The van der Waals surface area contributed by atoms with Crippen molar-refractivity contribution in [3.05, 3.63) is 60.2 Å². The fourth-order valence-corrected chi connectivity index (χ4v) is 3.23. The molecule has 2 aromatic rings. The molecule has 1 atom stereocenters. The second-order valence-corrected chi connectivity index (χ2v) is 6.91. The number of halogens is 3. The van der Waals surface area contributed by atoms with Crippen LogP contribution in [0.3, 0.4) is 0 Å². The number of likely N-dealkylation sites (tertiary alicyclic amines) is 1. The number of ether oxygens (including phenoxy) is 2. The zero-order chi connectivity index (χ0) is 21.7. The van der Waals surface area contributed by atoms with Crippen molar-refractivity contribution in [1.29, 1.82) is 0 Å². The number of alkyl halides is 3. The molecule has 3 rings (SSSR count). The standard InChI is InChI=1S/C21H21F3N2O4/c1-25(17-8-5-9-18(12-17)30-21(22,23)24)19(27)16-10-11-26(13-16)20(28)29-14-15-6-3-2-4-7-15/h2-9,12,16H,10-11,13-14H2,1H3. The van der Waals surface area contributed by atoms with Crippen LogP contribution in [-0.4, -0.2) is 43.4 Å². The minimum Gasteiger partial charge on any atom is -0.445 e. The van der Waals surface area contributed by atoms with E-state index in [-0.39, 0.29) is 24.7 Å². The summed E-state index contributed by atoms with van der Waals surface area (Å²) in [6, 6.07) is 14.4. The van der Waals surface area contributed by atoms with Gasteiger partial charge in [-0.25, -0.2) is 4.79 Å². The van der Waals surface area contributed by atoms with Crippen molar-refractivity contribution in [2.45, 2.75) is 19.4 Å². The summed E-state index contributed by atoms with van der Waals surface area (Å²) >= 11 is 0. The lowest BCUT2D eigenvalue weighted by atomic mass is 10.1. The number of hydrogen-bond acceptors (Lipinski definition) is 4. The first kappa shape index (κ1) is 21.5. The average molecular weight is 422 g/mol. The summed E-state index contributed by atoms with van der Waals surface area (Å²) in [7, 11) is 1.48. The Balaban J connectivity index is 1.56. The van der Waals surface area contributed by atoms with Gasteiger partial charge in [0.05, 0.1) is 5.92 Å². The predicted octanol–water partition coefficient (Wildman–Crippen LogP) is 4.21. The maximum Gasteiger partial charge on any atom is 0.573 e. The van der Waals surface area contributed by atoms with Crippen molar-refractivity contribution in [2.75, 3.05) is 25.0 Å². The highest BCUT2D eigenvalue weighted by molar-refractivity contribution is 5.95. The van der Waals surface area contributed by atoms with Crippen LogP contribution in [0.5, 0.6) is 5.75 Å². The molecule has 0 spiro atoms. The summed E-state index contributed by atoms with van der Waals surface area (Å²) in [6.07, 6.45) is -4.87. The summed E-state index contributed by atoms with van der Waals surface area (Å²) in [4.78, 5) is 27.8. The highest BCUT2D eigenvalue weighted by Gasteiger charge is 2.34. The summed E-state index contributed by atoms with van der Waals surface area (Å²) in [5.41, 5.74) is 1.13. The van der Waals surface area contributed by atoms with Gasteiger partial charge in [0.2, 0.25) is 5.91 Å². The zero-order valence-corrected chi connectivity index (χ0v) is 16.3. The van der Waals surface area contributed by atoms with Gasteiger partial charge >= 0.3 is 12.5 Å². The van der Waals surface area contributed by atoms with Crippen molar-refractivity contribution in [3.8, 4) is 5.75 Å². The molecule has 30 heavy (non-hydrogen) atoms. The van der Waals surface area contributed by atoms with E-state index in [0.717, 1.165) is 17.7 Å². The molecule has 0 saturated carbocycles. The van der Waals surface area contributed by atoms with Crippen LogP contribution in [0.4, 0.5) is 23.7 Å². The first-order valence-electron chi connectivity index (χ1n) is 9.32. The highest BCUT2D eigenvalue weighted by atomic mass is 19.4. The lowest BCUT2D eigenvalue weighted by Gasteiger charge is -2.22. The SMILES string of the molecule is CN(C(=O)C1CCN(C(=O)OCc2ccccc2)C1)c1cccc(OC(F)(F)F)c1. The minimum absolute atomic E-state index is 0.140. The van der Waals surface area contributed by atoms with Crippen molar-refractivity contribution in [3.63, 3.8) is 0 Å².